The minimum Gasteiger partial charge on any atom is -0.479 e. The Balaban J connectivity index is 1.64. The molecule has 3 aromatic carbocycles. The van der Waals surface area contributed by atoms with E-state index in [9.17, 15) is 22.8 Å². The number of carbonyl (C=O) groups is 2. The standard InChI is InChI=1S/C33H35F3N2O4/c1-18(2)24-8-7-9-25(14-24)20(4)37-31(39)26-10-11-30-29(15-26)19(3)21(5)38(30)17-23-12-27(33(34,35)36)16-28(13-23)42-22(6)32(40)41/h7-16,18,20,22H,17H2,1-6H3,(H,37,39)(H,40,41)/t20-,22-/m0/s1. The quantitative estimate of drug-likeness (QED) is 0.212. The van der Waals surface area contributed by atoms with Crippen LogP contribution in [0.25, 0.3) is 10.9 Å². The highest BCUT2D eigenvalue weighted by Gasteiger charge is 2.32. The van der Waals surface area contributed by atoms with Crippen molar-refractivity contribution in [2.75, 3.05) is 0 Å². The lowest BCUT2D eigenvalue weighted by Crippen LogP contribution is -2.26. The Morgan fingerprint density at radius 3 is 2.29 bits per heavy atom. The summed E-state index contributed by atoms with van der Waals surface area (Å²) in [7, 11) is 0. The van der Waals surface area contributed by atoms with Crippen LogP contribution in [-0.2, 0) is 17.5 Å². The van der Waals surface area contributed by atoms with Gasteiger partial charge in [-0.25, -0.2) is 4.79 Å². The van der Waals surface area contributed by atoms with Gasteiger partial charge in [0.15, 0.2) is 6.10 Å². The molecule has 0 unspecified atom stereocenters. The zero-order chi connectivity index (χ0) is 30.9. The van der Waals surface area contributed by atoms with Crippen LogP contribution >= 0.6 is 0 Å². The number of rotatable bonds is 9. The number of carboxylic acid groups (broad SMARTS) is 1. The molecule has 0 aliphatic heterocycles. The summed E-state index contributed by atoms with van der Waals surface area (Å²) in [6, 6.07) is 16.5. The third-order valence-electron chi connectivity index (χ3n) is 7.62. The highest BCUT2D eigenvalue weighted by atomic mass is 19.4. The lowest BCUT2D eigenvalue weighted by molar-refractivity contribution is -0.144. The van der Waals surface area contributed by atoms with Crippen LogP contribution in [0.4, 0.5) is 13.2 Å². The number of hydrogen-bond acceptors (Lipinski definition) is 3. The highest BCUT2D eigenvalue weighted by Crippen LogP contribution is 2.34. The third kappa shape index (κ3) is 6.61. The fourth-order valence-corrected chi connectivity index (χ4v) is 4.97. The second-order valence-corrected chi connectivity index (χ2v) is 11.0. The van der Waals surface area contributed by atoms with Gasteiger partial charge in [0.2, 0.25) is 0 Å². The first-order valence-electron chi connectivity index (χ1n) is 13.8. The van der Waals surface area contributed by atoms with Crippen molar-refractivity contribution in [2.45, 2.75) is 72.3 Å². The topological polar surface area (TPSA) is 80.6 Å². The minimum absolute atomic E-state index is 0.0900. The summed E-state index contributed by atoms with van der Waals surface area (Å²) in [5, 5.41) is 13.0. The number of aliphatic carboxylic acids is 1. The molecule has 1 heterocycles. The number of carbonyl (C=O) groups excluding carboxylic acids is 1. The van der Waals surface area contributed by atoms with E-state index in [1.165, 1.54) is 18.6 Å². The van der Waals surface area contributed by atoms with Gasteiger partial charge < -0.3 is 19.7 Å². The van der Waals surface area contributed by atoms with Gasteiger partial charge in [-0.3, -0.25) is 4.79 Å². The van der Waals surface area contributed by atoms with Crippen LogP contribution in [0.1, 0.15) is 83.5 Å². The van der Waals surface area contributed by atoms with Crippen LogP contribution in [-0.4, -0.2) is 27.7 Å². The number of benzene rings is 3. The molecular formula is C33H35F3N2O4. The molecule has 2 N–H and O–H groups in total. The summed E-state index contributed by atoms with van der Waals surface area (Å²) in [6.45, 7) is 11.3. The number of alkyl halides is 3. The number of carboxylic acids is 1. The van der Waals surface area contributed by atoms with E-state index in [4.69, 9.17) is 9.84 Å². The lowest BCUT2D eigenvalue weighted by Gasteiger charge is -2.17. The van der Waals surface area contributed by atoms with Crippen molar-refractivity contribution in [3.05, 3.63) is 99.7 Å². The van der Waals surface area contributed by atoms with Gasteiger partial charge in [-0.2, -0.15) is 13.2 Å². The lowest BCUT2D eigenvalue weighted by atomic mass is 9.98. The molecule has 0 fully saturated rings. The van der Waals surface area contributed by atoms with Crippen LogP contribution in [0.2, 0.25) is 0 Å². The molecule has 6 nitrogen and oxygen atoms in total. The maximum absolute atomic E-state index is 13.7. The van der Waals surface area contributed by atoms with Crippen molar-refractivity contribution in [1.82, 2.24) is 9.88 Å². The van der Waals surface area contributed by atoms with Gasteiger partial charge in [0.25, 0.3) is 5.91 Å². The van der Waals surface area contributed by atoms with E-state index < -0.39 is 23.8 Å². The molecule has 1 aromatic heterocycles. The molecule has 0 saturated carbocycles. The molecule has 0 aliphatic rings. The van der Waals surface area contributed by atoms with Crippen LogP contribution in [0, 0.1) is 13.8 Å². The highest BCUT2D eigenvalue weighted by molar-refractivity contribution is 5.99. The monoisotopic (exact) mass is 580 g/mol. The summed E-state index contributed by atoms with van der Waals surface area (Å²) < 4.78 is 48.2. The molecule has 0 saturated heterocycles. The van der Waals surface area contributed by atoms with E-state index in [0.717, 1.165) is 39.9 Å². The Kier molecular flexibility index (Phi) is 8.71. The van der Waals surface area contributed by atoms with Crippen molar-refractivity contribution >= 4 is 22.8 Å². The number of halogens is 3. The number of aryl methyl sites for hydroxylation is 1. The summed E-state index contributed by atoms with van der Waals surface area (Å²) in [4.78, 5) is 24.4. The van der Waals surface area contributed by atoms with E-state index in [-0.39, 0.29) is 24.2 Å². The maximum atomic E-state index is 13.7. The molecule has 9 heteroatoms. The van der Waals surface area contributed by atoms with Gasteiger partial charge in [-0.15, -0.1) is 0 Å². The molecule has 4 aromatic rings. The molecule has 0 radical (unpaired) electrons. The molecule has 0 spiro atoms. The molecule has 4 rings (SSSR count). The van der Waals surface area contributed by atoms with Gasteiger partial charge in [-0.1, -0.05) is 38.1 Å². The van der Waals surface area contributed by atoms with E-state index in [0.29, 0.717) is 17.0 Å². The first-order valence-corrected chi connectivity index (χ1v) is 13.8. The van der Waals surface area contributed by atoms with Crippen LogP contribution in [0.5, 0.6) is 5.75 Å². The number of nitrogens with zero attached hydrogens (tertiary/aromatic N) is 1. The second-order valence-electron chi connectivity index (χ2n) is 11.0. The zero-order valence-electron chi connectivity index (χ0n) is 24.5. The summed E-state index contributed by atoms with van der Waals surface area (Å²) >= 11 is 0. The zero-order valence-corrected chi connectivity index (χ0v) is 24.5. The molecule has 42 heavy (non-hydrogen) atoms. The Hall–Kier alpha value is -4.27. The van der Waals surface area contributed by atoms with Crippen molar-refractivity contribution in [2.24, 2.45) is 0 Å². The Morgan fingerprint density at radius 1 is 0.952 bits per heavy atom. The smallest absolute Gasteiger partial charge is 0.416 e. The molecule has 222 valence electrons. The van der Waals surface area contributed by atoms with E-state index >= 15 is 0 Å². The Labute approximate surface area is 243 Å². The average molecular weight is 581 g/mol. The van der Waals surface area contributed by atoms with Crippen molar-refractivity contribution < 1.29 is 32.6 Å². The Morgan fingerprint density at radius 2 is 1.64 bits per heavy atom. The van der Waals surface area contributed by atoms with Crippen molar-refractivity contribution in [3.63, 3.8) is 0 Å². The van der Waals surface area contributed by atoms with Crippen LogP contribution in [0.3, 0.4) is 0 Å². The van der Waals surface area contributed by atoms with E-state index in [1.807, 2.05) is 37.5 Å². The van der Waals surface area contributed by atoms with Crippen molar-refractivity contribution in [3.8, 4) is 5.75 Å². The SMILES string of the molecule is Cc1c(C)n(Cc2cc(O[C@@H](C)C(=O)O)cc(C(F)(F)F)c2)c2ccc(C(=O)N[C@@H](C)c3cccc(C(C)C)c3)cc12. The van der Waals surface area contributed by atoms with Gasteiger partial charge in [-0.05, 0) is 92.3 Å². The second kappa shape index (κ2) is 11.9. The van der Waals surface area contributed by atoms with E-state index in [1.54, 1.807) is 18.2 Å². The van der Waals surface area contributed by atoms with Crippen molar-refractivity contribution in [1.29, 1.82) is 0 Å². The first-order chi connectivity index (χ1) is 19.6. The van der Waals surface area contributed by atoms with Gasteiger partial charge in [0, 0.05) is 28.7 Å². The summed E-state index contributed by atoms with van der Waals surface area (Å²) in [5.41, 5.74) is 4.56. The molecular weight excluding hydrogens is 545 g/mol. The molecule has 2 atom stereocenters. The van der Waals surface area contributed by atoms with E-state index in [2.05, 4.69) is 31.3 Å². The summed E-state index contributed by atoms with van der Waals surface area (Å²) in [5.74, 6) is -1.31. The number of hydrogen-bond donors (Lipinski definition) is 2. The minimum atomic E-state index is -4.64. The third-order valence-corrected chi connectivity index (χ3v) is 7.62. The van der Waals surface area contributed by atoms with Gasteiger partial charge in [0.05, 0.1) is 11.6 Å². The number of ether oxygens (including phenoxy) is 1. The predicted molar refractivity (Wildman–Crippen MR) is 156 cm³/mol. The number of aromatic nitrogens is 1. The number of fused-ring (bicyclic) bond motifs is 1. The van der Waals surface area contributed by atoms with Gasteiger partial charge in [0.1, 0.15) is 5.75 Å². The largest absolute Gasteiger partial charge is 0.479 e. The summed E-state index contributed by atoms with van der Waals surface area (Å²) in [6.07, 6.45) is -5.95. The number of amides is 1. The molecule has 1 amide bonds. The fraction of sp³-hybridized carbons (Fsp3) is 0.333. The Bertz CT molecular complexity index is 1640. The first kappa shape index (κ1) is 30.7. The normalized spacial score (nSPS) is 13.3. The van der Waals surface area contributed by atoms with Crippen LogP contribution in [0.15, 0.2) is 60.7 Å². The molecule has 0 aliphatic carbocycles. The van der Waals surface area contributed by atoms with Gasteiger partial charge >= 0.3 is 12.1 Å². The number of nitrogens with one attached hydrogen (secondary N) is 1. The maximum Gasteiger partial charge on any atom is 0.416 e. The van der Waals surface area contributed by atoms with Crippen LogP contribution < -0.4 is 10.1 Å². The average Bonchev–Trinajstić information content (AvgIpc) is 3.16. The molecule has 0 bridgehead atoms. The predicted octanol–water partition coefficient (Wildman–Crippen LogP) is 7.79. The fourth-order valence-electron chi connectivity index (χ4n) is 4.97.